The van der Waals surface area contributed by atoms with Gasteiger partial charge >= 0.3 is 18.9 Å². The molecule has 1 aliphatic rings. The van der Waals surface area contributed by atoms with Crippen LogP contribution >= 0.6 is 0 Å². The van der Waals surface area contributed by atoms with Crippen LogP contribution in [0, 0.1) is 19.7 Å². The number of carbonyl (C=O) groups is 1. The van der Waals surface area contributed by atoms with Crippen LogP contribution in [-0.2, 0) is 14.3 Å². The predicted octanol–water partition coefficient (Wildman–Crippen LogP) is 1.28. The molecule has 3 heterocycles. The summed E-state index contributed by atoms with van der Waals surface area (Å²) < 4.78 is 18.2. The van der Waals surface area contributed by atoms with Crippen LogP contribution in [0.3, 0.4) is 0 Å². The van der Waals surface area contributed by atoms with Gasteiger partial charge in [0.15, 0.2) is 0 Å². The molecule has 0 bridgehead atoms. The molecule has 2 aromatic heterocycles. The monoisotopic (exact) mass is 497 g/mol. The van der Waals surface area contributed by atoms with Crippen LogP contribution in [0.5, 0.6) is 0 Å². The second kappa shape index (κ2) is 15.2. The van der Waals surface area contributed by atoms with E-state index in [-0.39, 0.29) is 36.5 Å². The van der Waals surface area contributed by atoms with Gasteiger partial charge in [0, 0.05) is 43.9 Å². The number of benzene rings is 1. The largest absolute Gasteiger partial charge is 1.00 e. The molecule has 1 aromatic carbocycles. The third kappa shape index (κ3) is 9.04. The summed E-state index contributed by atoms with van der Waals surface area (Å²) in [7, 11) is 0. The number of pyridine rings is 1. The molecule has 190 valence electrons. The first-order valence-corrected chi connectivity index (χ1v) is 11.6. The second-order valence-electron chi connectivity index (χ2n) is 8.11. The molecule has 1 amide bonds. The molecule has 3 aromatic rings. The Morgan fingerprint density at radius 3 is 2.65 bits per heavy atom. The van der Waals surface area contributed by atoms with E-state index in [1.165, 1.54) is 18.3 Å². The number of hydrogen-bond donors (Lipinski definition) is 1. The van der Waals surface area contributed by atoms with Gasteiger partial charge in [-0.2, -0.15) is 0 Å². The van der Waals surface area contributed by atoms with Crippen molar-refractivity contribution in [1.29, 1.82) is 0 Å². The standard InChI is InChI=1S/C23H21FN5O2.C4H8O.Li/c1-15(31)29-7-3-4-17(13-29)23-27-21(18-8-16(14-30)11-25-12-18)10-22(28-23)26-20-6-2-5-19(24)9-20;1-3-5-4-2;/h2,5-6,8-12,17H,3-4,7,13H2,1H3,(H,26,27,28);1-4H2;/q-1;-2;+1. The van der Waals surface area contributed by atoms with Gasteiger partial charge in [-0.3, -0.25) is 4.79 Å². The van der Waals surface area contributed by atoms with Gasteiger partial charge in [0.05, 0.1) is 12.0 Å². The average molecular weight is 498 g/mol. The fourth-order valence-electron chi connectivity index (χ4n) is 3.79. The number of piperidine rings is 1. The Labute approximate surface area is 229 Å². The smallest absolute Gasteiger partial charge is 0.445 e. The van der Waals surface area contributed by atoms with E-state index < -0.39 is 0 Å². The van der Waals surface area contributed by atoms with Crippen molar-refractivity contribution in [2.75, 3.05) is 31.6 Å². The Morgan fingerprint density at radius 1 is 1.22 bits per heavy atom. The summed E-state index contributed by atoms with van der Waals surface area (Å²) >= 11 is 0. The van der Waals surface area contributed by atoms with Gasteiger partial charge in [-0.1, -0.05) is 25.5 Å². The number of likely N-dealkylation sites (tertiary alicyclic amines) is 1. The Balaban J connectivity index is 0.000000734. The van der Waals surface area contributed by atoms with E-state index in [4.69, 9.17) is 4.98 Å². The molecule has 0 saturated carbocycles. The topological polar surface area (TPSA) is 97.3 Å². The SMILES string of the molecule is CC(=O)N1CCCC(c2nc(Nc3cccc(F)c3)cc(-c3cncc([C-]=O)c3)n2)C1.[CH2-]COC[CH2-].[Li+]. The van der Waals surface area contributed by atoms with Gasteiger partial charge in [-0.05, 0) is 36.6 Å². The Kier molecular flexibility index (Phi) is 12.4. The van der Waals surface area contributed by atoms with Gasteiger partial charge in [0.2, 0.25) is 5.91 Å². The van der Waals surface area contributed by atoms with E-state index in [0.29, 0.717) is 53.9 Å². The maximum absolute atomic E-state index is 13.6. The minimum absolute atomic E-state index is 0. The van der Waals surface area contributed by atoms with Crippen LogP contribution in [0.1, 0.15) is 37.1 Å². The molecule has 1 aliphatic heterocycles. The van der Waals surface area contributed by atoms with Gasteiger partial charge in [-0.25, -0.2) is 14.4 Å². The second-order valence-corrected chi connectivity index (χ2v) is 8.11. The molecule has 1 saturated heterocycles. The number of ether oxygens (including phenoxy) is 1. The number of rotatable bonds is 7. The maximum Gasteiger partial charge on any atom is 1.00 e. The summed E-state index contributed by atoms with van der Waals surface area (Å²) in [6.07, 6.45) is 6.59. The van der Waals surface area contributed by atoms with Crippen LogP contribution in [0.25, 0.3) is 11.3 Å². The summed E-state index contributed by atoms with van der Waals surface area (Å²) in [6.45, 7) is 10.7. The summed E-state index contributed by atoms with van der Waals surface area (Å²) in [5.41, 5.74) is 2.09. The van der Waals surface area contributed by atoms with E-state index >= 15 is 0 Å². The molecular weight excluding hydrogens is 468 g/mol. The zero-order valence-electron chi connectivity index (χ0n) is 21.2. The number of nitrogens with one attached hydrogen (secondary N) is 1. The van der Waals surface area contributed by atoms with E-state index in [0.717, 1.165) is 19.4 Å². The van der Waals surface area contributed by atoms with Crippen LogP contribution in [0.4, 0.5) is 15.9 Å². The third-order valence-corrected chi connectivity index (χ3v) is 5.51. The number of hydrogen-bond acceptors (Lipinski definition) is 7. The number of halogens is 1. The number of carbonyl (C=O) groups excluding carboxylic acids is 2. The molecule has 0 radical (unpaired) electrons. The normalized spacial score (nSPS) is 14.6. The number of amides is 1. The van der Waals surface area contributed by atoms with Crippen molar-refractivity contribution in [3.8, 4) is 11.3 Å². The van der Waals surface area contributed by atoms with Gasteiger partial charge in [0.1, 0.15) is 17.5 Å². The molecule has 1 fully saturated rings. The van der Waals surface area contributed by atoms with Gasteiger partial charge in [-0.15, -0.1) is 11.6 Å². The molecule has 0 aliphatic carbocycles. The fraction of sp³-hybridized carbons (Fsp3) is 0.296. The van der Waals surface area contributed by atoms with Gasteiger partial charge < -0.3 is 38.6 Å². The van der Waals surface area contributed by atoms with Crippen molar-refractivity contribution in [1.82, 2.24) is 19.9 Å². The Morgan fingerprint density at radius 2 is 2.00 bits per heavy atom. The van der Waals surface area contributed by atoms with E-state index in [2.05, 4.69) is 33.9 Å². The minimum Gasteiger partial charge on any atom is -0.445 e. The summed E-state index contributed by atoms with van der Waals surface area (Å²) in [6, 6.07) is 9.48. The van der Waals surface area contributed by atoms with Crippen LogP contribution < -0.4 is 24.2 Å². The molecule has 4 rings (SSSR count). The molecule has 10 heteroatoms. The summed E-state index contributed by atoms with van der Waals surface area (Å²) in [5, 5.41) is 3.13. The van der Waals surface area contributed by atoms with Crippen molar-refractivity contribution < 1.29 is 37.6 Å². The maximum atomic E-state index is 13.6. The van der Waals surface area contributed by atoms with E-state index in [1.54, 1.807) is 42.3 Å². The first-order valence-electron chi connectivity index (χ1n) is 11.6. The molecule has 0 spiro atoms. The van der Waals surface area contributed by atoms with Crippen molar-refractivity contribution >= 4 is 23.7 Å². The Hall–Kier alpha value is -3.12. The number of aromatic nitrogens is 3. The Bertz CT molecular complexity index is 1180. The molecule has 37 heavy (non-hydrogen) atoms. The molecule has 8 nitrogen and oxygen atoms in total. The average Bonchev–Trinajstić information content (AvgIpc) is 2.89. The zero-order valence-corrected chi connectivity index (χ0v) is 21.2. The van der Waals surface area contributed by atoms with E-state index in [9.17, 15) is 14.0 Å². The van der Waals surface area contributed by atoms with Crippen LogP contribution in [0.2, 0.25) is 0 Å². The quantitative estimate of drug-likeness (QED) is 0.388. The summed E-state index contributed by atoms with van der Waals surface area (Å²) in [4.78, 5) is 38.2. The first kappa shape index (κ1) is 30.1. The molecular formula is C27H29FLiN5O3-2. The predicted molar refractivity (Wildman–Crippen MR) is 136 cm³/mol. The van der Waals surface area contributed by atoms with Crippen LogP contribution in [-0.4, -0.2) is 58.3 Å². The fourth-order valence-corrected chi connectivity index (χ4v) is 3.79. The van der Waals surface area contributed by atoms with Gasteiger partial charge in [0.25, 0.3) is 0 Å². The molecule has 1 atom stereocenters. The van der Waals surface area contributed by atoms with Crippen molar-refractivity contribution in [3.05, 3.63) is 79.8 Å². The first-order chi connectivity index (χ1) is 17.4. The number of anilines is 2. The van der Waals surface area contributed by atoms with Crippen molar-refractivity contribution in [3.63, 3.8) is 0 Å². The minimum atomic E-state index is -0.359. The van der Waals surface area contributed by atoms with E-state index in [1.807, 2.05) is 6.29 Å². The van der Waals surface area contributed by atoms with Crippen LogP contribution in [0.15, 0.2) is 48.8 Å². The number of nitrogens with zero attached hydrogens (tertiary/aromatic N) is 4. The zero-order chi connectivity index (χ0) is 25.9. The molecule has 1 unspecified atom stereocenters. The third-order valence-electron chi connectivity index (χ3n) is 5.51. The van der Waals surface area contributed by atoms with Crippen molar-refractivity contribution in [2.24, 2.45) is 0 Å². The summed E-state index contributed by atoms with van der Waals surface area (Å²) in [5.74, 6) is 0.716. The van der Waals surface area contributed by atoms with Crippen molar-refractivity contribution in [2.45, 2.75) is 25.7 Å². The molecule has 1 N–H and O–H groups in total.